The molecule has 4 heteroatoms. The van der Waals surface area contributed by atoms with Gasteiger partial charge in [-0.2, -0.15) is 0 Å². The minimum atomic E-state index is 0.736. The fourth-order valence-electron chi connectivity index (χ4n) is 5.63. The Morgan fingerprint density at radius 2 is 1.34 bits per heavy atom. The van der Waals surface area contributed by atoms with E-state index in [2.05, 4.69) is 117 Å². The van der Waals surface area contributed by atoms with Gasteiger partial charge in [0.1, 0.15) is 0 Å². The summed E-state index contributed by atoms with van der Waals surface area (Å²) in [7, 11) is 0. The molecular weight excluding hydrogens is 464 g/mol. The van der Waals surface area contributed by atoms with Crippen molar-refractivity contribution in [2.24, 2.45) is 0 Å². The molecule has 0 fully saturated rings. The average Bonchev–Trinajstić information content (AvgIpc) is 3.57. The van der Waals surface area contributed by atoms with Crippen LogP contribution in [-0.2, 0) is 0 Å². The van der Waals surface area contributed by atoms with Gasteiger partial charge in [0.15, 0.2) is 5.82 Å². The van der Waals surface area contributed by atoms with E-state index >= 15 is 0 Å². The highest BCUT2D eigenvalue weighted by Crippen LogP contribution is 2.38. The Balaban J connectivity index is 1.34. The number of rotatable bonds is 3. The first-order valence-electron chi connectivity index (χ1n) is 12.8. The smallest absolute Gasteiger partial charge is 0.159 e. The van der Waals surface area contributed by atoms with Gasteiger partial charge >= 0.3 is 0 Å². The molecule has 0 amide bonds. The Morgan fingerprint density at radius 3 is 2.24 bits per heavy atom. The van der Waals surface area contributed by atoms with Crippen LogP contribution in [0.3, 0.4) is 0 Å². The maximum atomic E-state index is 4.78. The number of benzene rings is 5. The van der Waals surface area contributed by atoms with E-state index in [1.165, 1.54) is 32.7 Å². The zero-order valence-corrected chi connectivity index (χ0v) is 20.5. The monoisotopic (exact) mass is 486 g/mol. The Hall–Kier alpha value is -5.22. The molecule has 0 radical (unpaired) electrons. The SMILES string of the molecule is c1ccc(-n2ccc3ccc4c(c5ccccc5n4-c4ccc(-c5ncc6ccccc6n5)cc4)c32)cc1. The zero-order chi connectivity index (χ0) is 25.1. The third-order valence-corrected chi connectivity index (χ3v) is 7.39. The summed E-state index contributed by atoms with van der Waals surface area (Å²) in [6.07, 6.45) is 4.07. The van der Waals surface area contributed by atoms with Crippen molar-refractivity contribution >= 4 is 43.6 Å². The van der Waals surface area contributed by atoms with Crippen molar-refractivity contribution in [3.05, 3.63) is 134 Å². The summed E-state index contributed by atoms with van der Waals surface area (Å²) in [5.41, 5.74) is 7.82. The van der Waals surface area contributed by atoms with Gasteiger partial charge in [-0.1, -0.05) is 60.7 Å². The van der Waals surface area contributed by atoms with Gasteiger partial charge in [-0.25, -0.2) is 9.97 Å². The molecule has 38 heavy (non-hydrogen) atoms. The maximum absolute atomic E-state index is 4.78. The lowest BCUT2D eigenvalue weighted by atomic mass is 10.1. The molecule has 8 rings (SSSR count). The first-order chi connectivity index (χ1) is 18.8. The average molecular weight is 487 g/mol. The zero-order valence-electron chi connectivity index (χ0n) is 20.5. The first-order valence-corrected chi connectivity index (χ1v) is 12.8. The molecule has 3 heterocycles. The topological polar surface area (TPSA) is 35.6 Å². The van der Waals surface area contributed by atoms with Crippen molar-refractivity contribution in [2.45, 2.75) is 0 Å². The van der Waals surface area contributed by atoms with Crippen LogP contribution in [0.5, 0.6) is 0 Å². The second kappa shape index (κ2) is 8.15. The molecule has 0 bridgehead atoms. The summed E-state index contributed by atoms with van der Waals surface area (Å²) in [5, 5.41) is 4.78. The largest absolute Gasteiger partial charge is 0.316 e. The van der Waals surface area contributed by atoms with E-state index in [0.717, 1.165) is 33.7 Å². The summed E-state index contributed by atoms with van der Waals surface area (Å²) in [5.74, 6) is 0.736. The maximum Gasteiger partial charge on any atom is 0.159 e. The summed E-state index contributed by atoms with van der Waals surface area (Å²) < 4.78 is 4.66. The van der Waals surface area contributed by atoms with Crippen LogP contribution >= 0.6 is 0 Å². The molecule has 4 nitrogen and oxygen atoms in total. The molecule has 0 N–H and O–H groups in total. The quantitative estimate of drug-likeness (QED) is 0.252. The van der Waals surface area contributed by atoms with Crippen molar-refractivity contribution in [1.29, 1.82) is 0 Å². The molecule has 0 atom stereocenters. The summed E-state index contributed by atoms with van der Waals surface area (Å²) in [4.78, 5) is 9.40. The highest BCUT2D eigenvalue weighted by Gasteiger charge is 2.17. The van der Waals surface area contributed by atoms with E-state index in [1.807, 2.05) is 30.5 Å². The molecule has 0 aliphatic carbocycles. The molecule has 0 saturated heterocycles. The predicted octanol–water partition coefficient (Wildman–Crippen LogP) is 8.34. The second-order valence-corrected chi connectivity index (χ2v) is 9.57. The van der Waals surface area contributed by atoms with E-state index in [4.69, 9.17) is 4.98 Å². The molecule has 0 unspecified atom stereocenters. The third kappa shape index (κ3) is 3.10. The highest BCUT2D eigenvalue weighted by molar-refractivity contribution is 6.20. The minimum Gasteiger partial charge on any atom is -0.316 e. The molecule has 5 aromatic carbocycles. The number of nitrogens with zero attached hydrogens (tertiary/aromatic N) is 4. The van der Waals surface area contributed by atoms with E-state index in [1.54, 1.807) is 0 Å². The van der Waals surface area contributed by atoms with E-state index in [9.17, 15) is 0 Å². The van der Waals surface area contributed by atoms with Crippen LogP contribution in [0, 0.1) is 0 Å². The van der Waals surface area contributed by atoms with Crippen molar-refractivity contribution in [3.8, 4) is 22.8 Å². The molecule has 178 valence electrons. The molecular formula is C34H22N4. The second-order valence-electron chi connectivity index (χ2n) is 9.57. The molecule has 8 aromatic rings. The number of hydrogen-bond acceptors (Lipinski definition) is 2. The van der Waals surface area contributed by atoms with E-state index < -0.39 is 0 Å². The van der Waals surface area contributed by atoms with E-state index in [-0.39, 0.29) is 0 Å². The third-order valence-electron chi connectivity index (χ3n) is 7.39. The Kier molecular flexibility index (Phi) is 4.49. The fraction of sp³-hybridized carbons (Fsp3) is 0. The van der Waals surface area contributed by atoms with Crippen LogP contribution < -0.4 is 0 Å². The lowest BCUT2D eigenvalue weighted by Crippen LogP contribution is -1.95. The molecule has 0 aliphatic heterocycles. The lowest BCUT2D eigenvalue weighted by Gasteiger charge is -2.10. The Morgan fingerprint density at radius 1 is 0.553 bits per heavy atom. The summed E-state index contributed by atoms with van der Waals surface area (Å²) in [6, 6.07) is 42.5. The normalized spacial score (nSPS) is 11.7. The van der Waals surface area contributed by atoms with Crippen molar-refractivity contribution in [3.63, 3.8) is 0 Å². The molecule has 0 saturated carbocycles. The van der Waals surface area contributed by atoms with Crippen LogP contribution in [0.2, 0.25) is 0 Å². The van der Waals surface area contributed by atoms with Crippen molar-refractivity contribution < 1.29 is 0 Å². The van der Waals surface area contributed by atoms with Gasteiger partial charge in [-0.15, -0.1) is 0 Å². The first kappa shape index (κ1) is 20.9. The van der Waals surface area contributed by atoms with Crippen LogP contribution in [0.25, 0.3) is 66.4 Å². The molecule has 3 aromatic heterocycles. The van der Waals surface area contributed by atoms with Crippen molar-refractivity contribution in [2.75, 3.05) is 0 Å². The molecule has 0 spiro atoms. The van der Waals surface area contributed by atoms with Crippen LogP contribution in [0.15, 0.2) is 134 Å². The standard InChI is InChI=1S/C34H22N4/c1-2-9-26(10-3-1)37-21-20-23-16-19-31-32(33(23)37)28-11-5-7-13-30(28)38(31)27-17-14-24(15-18-27)34-35-22-25-8-4-6-12-29(25)36-34/h1-22H. The number of aromatic nitrogens is 4. The van der Waals surface area contributed by atoms with Crippen LogP contribution in [-0.4, -0.2) is 19.1 Å². The fourth-order valence-corrected chi connectivity index (χ4v) is 5.63. The van der Waals surface area contributed by atoms with Gasteiger partial charge in [0, 0.05) is 50.9 Å². The Labute approximate surface area is 219 Å². The van der Waals surface area contributed by atoms with Gasteiger partial charge in [-0.05, 0) is 60.7 Å². The predicted molar refractivity (Wildman–Crippen MR) is 156 cm³/mol. The van der Waals surface area contributed by atoms with Crippen LogP contribution in [0.4, 0.5) is 0 Å². The van der Waals surface area contributed by atoms with Gasteiger partial charge in [-0.3, -0.25) is 0 Å². The summed E-state index contributed by atoms with van der Waals surface area (Å²) >= 11 is 0. The van der Waals surface area contributed by atoms with Gasteiger partial charge in [0.2, 0.25) is 0 Å². The number of para-hydroxylation sites is 3. The summed E-state index contributed by atoms with van der Waals surface area (Å²) in [6.45, 7) is 0. The lowest BCUT2D eigenvalue weighted by molar-refractivity contribution is 1.13. The number of fused-ring (bicyclic) bond motifs is 6. The molecule has 0 aliphatic rings. The van der Waals surface area contributed by atoms with Crippen LogP contribution in [0.1, 0.15) is 0 Å². The van der Waals surface area contributed by atoms with Gasteiger partial charge in [0.25, 0.3) is 0 Å². The van der Waals surface area contributed by atoms with Crippen molar-refractivity contribution in [1.82, 2.24) is 19.1 Å². The van der Waals surface area contributed by atoms with Gasteiger partial charge < -0.3 is 9.13 Å². The van der Waals surface area contributed by atoms with E-state index in [0.29, 0.717) is 0 Å². The minimum absolute atomic E-state index is 0.736. The Bertz CT molecular complexity index is 2120. The van der Waals surface area contributed by atoms with Gasteiger partial charge in [0.05, 0.1) is 22.1 Å². The highest BCUT2D eigenvalue weighted by atomic mass is 15.0. The number of hydrogen-bond donors (Lipinski definition) is 0.